The van der Waals surface area contributed by atoms with E-state index in [2.05, 4.69) is 15.3 Å². The van der Waals surface area contributed by atoms with Gasteiger partial charge in [0.2, 0.25) is 5.91 Å². The van der Waals surface area contributed by atoms with E-state index in [4.69, 9.17) is 15.0 Å². The molecule has 2 bridgehead atoms. The molecule has 0 aromatic rings. The average Bonchev–Trinajstić information content (AvgIpc) is 2.66. The largest absolute Gasteiger partial charge is 0.390 e. The van der Waals surface area contributed by atoms with Crippen molar-refractivity contribution in [3.8, 4) is 0 Å². The number of nitrogens with zero attached hydrogens (tertiary/aromatic N) is 3. The fourth-order valence-electron chi connectivity index (χ4n) is 1.99. The number of rotatable bonds is 2. The molecule has 2 fully saturated rings. The fourth-order valence-corrected chi connectivity index (χ4v) is 1.99. The smallest absolute Gasteiger partial charge is 0.217 e. The first kappa shape index (κ1) is 11.2. The van der Waals surface area contributed by atoms with E-state index in [-0.39, 0.29) is 12.5 Å². The highest BCUT2D eigenvalue weighted by molar-refractivity contribution is 5.73. The lowest BCUT2D eigenvalue weighted by Gasteiger charge is -2.36. The van der Waals surface area contributed by atoms with Crippen LogP contribution in [0.5, 0.6) is 0 Å². The first-order valence-electron chi connectivity index (χ1n) is 4.90. The van der Waals surface area contributed by atoms with Crippen molar-refractivity contribution in [1.82, 2.24) is 5.32 Å². The van der Waals surface area contributed by atoms with Crippen molar-refractivity contribution in [3.63, 3.8) is 0 Å². The van der Waals surface area contributed by atoms with Gasteiger partial charge in [0.25, 0.3) is 0 Å². The zero-order valence-electron chi connectivity index (χ0n) is 8.61. The second-order valence-corrected chi connectivity index (χ2v) is 3.79. The summed E-state index contributed by atoms with van der Waals surface area (Å²) in [6.07, 6.45) is -2.12. The summed E-state index contributed by atoms with van der Waals surface area (Å²) >= 11 is 0. The van der Waals surface area contributed by atoms with Gasteiger partial charge in [0, 0.05) is 11.8 Å². The van der Waals surface area contributed by atoms with Gasteiger partial charge in [0.1, 0.15) is 6.10 Å². The quantitative estimate of drug-likeness (QED) is 0.368. The Hall–Kier alpha value is -1.34. The molecule has 0 unspecified atom stereocenters. The lowest BCUT2D eigenvalue weighted by Crippen LogP contribution is -2.59. The van der Waals surface area contributed by atoms with Crippen LogP contribution in [0.1, 0.15) is 6.92 Å². The van der Waals surface area contributed by atoms with E-state index < -0.39 is 30.6 Å². The van der Waals surface area contributed by atoms with Crippen molar-refractivity contribution in [2.75, 3.05) is 6.61 Å². The van der Waals surface area contributed by atoms with Gasteiger partial charge in [0.05, 0.1) is 24.8 Å². The van der Waals surface area contributed by atoms with E-state index in [0.717, 1.165) is 0 Å². The maximum Gasteiger partial charge on any atom is 0.217 e. The summed E-state index contributed by atoms with van der Waals surface area (Å²) in [6, 6.07) is -1.41. The second-order valence-electron chi connectivity index (χ2n) is 3.79. The van der Waals surface area contributed by atoms with Crippen molar-refractivity contribution in [2.24, 2.45) is 5.11 Å². The molecule has 8 heteroatoms. The van der Waals surface area contributed by atoms with Crippen LogP contribution in [0.2, 0.25) is 0 Å². The predicted molar refractivity (Wildman–Crippen MR) is 51.2 cm³/mol. The Morgan fingerprint density at radius 2 is 2.44 bits per heavy atom. The number of aliphatic hydroxyl groups is 1. The van der Waals surface area contributed by atoms with Crippen LogP contribution in [0.3, 0.4) is 0 Å². The number of hydrogen-bond acceptors (Lipinski definition) is 5. The highest BCUT2D eigenvalue weighted by Crippen LogP contribution is 2.29. The number of hydrogen-bond donors (Lipinski definition) is 2. The summed E-state index contributed by atoms with van der Waals surface area (Å²) in [5.41, 5.74) is 8.43. The number of azide groups is 1. The Bertz CT molecular complexity index is 343. The van der Waals surface area contributed by atoms with Gasteiger partial charge in [-0.2, -0.15) is 0 Å². The molecule has 0 saturated carbocycles. The monoisotopic (exact) mass is 228 g/mol. The summed E-state index contributed by atoms with van der Waals surface area (Å²) in [4.78, 5) is 13.7. The van der Waals surface area contributed by atoms with Crippen molar-refractivity contribution in [3.05, 3.63) is 10.4 Å². The van der Waals surface area contributed by atoms with Crippen LogP contribution in [-0.4, -0.2) is 48.2 Å². The predicted octanol–water partition coefficient (Wildman–Crippen LogP) is -0.714. The van der Waals surface area contributed by atoms with E-state index >= 15 is 0 Å². The third-order valence-corrected chi connectivity index (χ3v) is 2.68. The molecule has 0 aromatic carbocycles. The molecule has 1 amide bonds. The number of amides is 1. The topological polar surface area (TPSA) is 117 Å². The third kappa shape index (κ3) is 1.83. The van der Waals surface area contributed by atoms with Gasteiger partial charge in [0.15, 0.2) is 6.29 Å². The molecule has 0 aromatic heterocycles. The molecule has 5 atom stereocenters. The zero-order chi connectivity index (χ0) is 11.7. The van der Waals surface area contributed by atoms with E-state index in [1.165, 1.54) is 6.92 Å². The zero-order valence-corrected chi connectivity index (χ0v) is 8.61. The van der Waals surface area contributed by atoms with E-state index in [0.29, 0.717) is 0 Å². The lowest BCUT2D eigenvalue weighted by molar-refractivity contribution is -0.152. The number of ether oxygens (including phenoxy) is 2. The SMILES string of the molecule is CC(=O)N[C@@H]1[C@@H]2OC[C@@H](O2)[C@H](O)[C@H]1N=[N+]=[N-]. The molecule has 2 aliphatic rings. The van der Waals surface area contributed by atoms with Crippen LogP contribution in [-0.2, 0) is 14.3 Å². The first-order valence-corrected chi connectivity index (χ1v) is 4.90. The summed E-state index contributed by atoms with van der Waals surface area (Å²) in [5.74, 6) is -0.298. The highest BCUT2D eigenvalue weighted by Gasteiger charge is 2.50. The van der Waals surface area contributed by atoms with Crippen LogP contribution < -0.4 is 5.32 Å². The fraction of sp³-hybridized carbons (Fsp3) is 0.875. The maximum absolute atomic E-state index is 11.0. The van der Waals surface area contributed by atoms with Gasteiger partial charge in [-0.05, 0) is 5.53 Å². The number of aliphatic hydroxyl groups excluding tert-OH is 1. The lowest BCUT2D eigenvalue weighted by atomic mass is 9.96. The molecule has 8 nitrogen and oxygen atoms in total. The third-order valence-electron chi connectivity index (χ3n) is 2.68. The second kappa shape index (κ2) is 4.26. The number of carbonyl (C=O) groups is 1. The van der Waals surface area contributed by atoms with Crippen LogP contribution >= 0.6 is 0 Å². The standard InChI is InChI=1S/C8H12N4O4/c1-3(13)10-6-5(11-12-9)7(14)4-2-15-8(6)16-4/h4-8,14H,2H2,1H3,(H,10,13)/t4-,5+,6+,7+,8-/m1/s1. The van der Waals surface area contributed by atoms with Gasteiger partial charge < -0.3 is 19.9 Å². The molecule has 0 spiro atoms. The Morgan fingerprint density at radius 1 is 1.69 bits per heavy atom. The highest BCUT2D eigenvalue weighted by atomic mass is 16.7. The normalized spacial score (nSPS) is 41.2. The van der Waals surface area contributed by atoms with Crippen LogP contribution in [0, 0.1) is 0 Å². The molecule has 2 N–H and O–H groups in total. The molecule has 16 heavy (non-hydrogen) atoms. The van der Waals surface area contributed by atoms with Crippen LogP contribution in [0.25, 0.3) is 10.4 Å². The van der Waals surface area contributed by atoms with Crippen LogP contribution in [0.4, 0.5) is 0 Å². The summed E-state index contributed by atoms with van der Waals surface area (Å²) in [7, 11) is 0. The van der Waals surface area contributed by atoms with Crippen molar-refractivity contribution < 1.29 is 19.4 Å². The molecule has 2 saturated heterocycles. The molecule has 88 valence electrons. The number of carbonyl (C=O) groups excluding carboxylic acids is 1. The first-order chi connectivity index (χ1) is 7.63. The van der Waals surface area contributed by atoms with Gasteiger partial charge in [-0.1, -0.05) is 5.11 Å². The van der Waals surface area contributed by atoms with E-state index in [1.54, 1.807) is 0 Å². The minimum Gasteiger partial charge on any atom is -0.390 e. The Balaban J connectivity index is 2.22. The Morgan fingerprint density at radius 3 is 3.06 bits per heavy atom. The Kier molecular flexibility index (Phi) is 2.97. The van der Waals surface area contributed by atoms with E-state index in [9.17, 15) is 9.90 Å². The Labute approximate surface area is 91.1 Å². The molecule has 0 aliphatic carbocycles. The molecule has 2 rings (SSSR count). The molecular weight excluding hydrogens is 216 g/mol. The van der Waals surface area contributed by atoms with Gasteiger partial charge in [-0.3, -0.25) is 4.79 Å². The number of fused-ring (bicyclic) bond motifs is 2. The molecule has 2 heterocycles. The number of nitrogens with one attached hydrogen (secondary N) is 1. The average molecular weight is 228 g/mol. The maximum atomic E-state index is 11.0. The molecular formula is C8H12N4O4. The minimum absolute atomic E-state index is 0.235. The minimum atomic E-state index is -0.966. The van der Waals surface area contributed by atoms with Crippen LogP contribution in [0.15, 0.2) is 5.11 Å². The summed E-state index contributed by atoms with van der Waals surface area (Å²) < 4.78 is 10.6. The van der Waals surface area contributed by atoms with E-state index in [1.807, 2.05) is 0 Å². The van der Waals surface area contributed by atoms with Crippen molar-refractivity contribution >= 4 is 5.91 Å². The van der Waals surface area contributed by atoms with Gasteiger partial charge in [-0.25, -0.2) is 0 Å². The summed E-state index contributed by atoms with van der Waals surface area (Å²) in [5, 5.41) is 15.9. The van der Waals surface area contributed by atoms with Gasteiger partial charge >= 0.3 is 0 Å². The summed E-state index contributed by atoms with van der Waals surface area (Å²) in [6.45, 7) is 1.57. The molecule has 2 aliphatic heterocycles. The molecule has 0 radical (unpaired) electrons. The van der Waals surface area contributed by atoms with Crippen molar-refractivity contribution in [2.45, 2.75) is 37.5 Å². The van der Waals surface area contributed by atoms with Crippen molar-refractivity contribution in [1.29, 1.82) is 0 Å². The van der Waals surface area contributed by atoms with Gasteiger partial charge in [-0.15, -0.1) is 0 Å².